The van der Waals surface area contributed by atoms with Gasteiger partial charge >= 0.3 is 0 Å². The molecule has 5 heteroatoms. The molecule has 0 spiro atoms. The maximum absolute atomic E-state index is 12.0. The Bertz CT molecular complexity index is 561. The van der Waals surface area contributed by atoms with E-state index in [1.807, 2.05) is 49.1 Å². The van der Waals surface area contributed by atoms with Crippen molar-refractivity contribution in [2.24, 2.45) is 0 Å². The predicted octanol–water partition coefficient (Wildman–Crippen LogP) is 2.38. The lowest BCUT2D eigenvalue weighted by atomic mass is 10.2. The SMILES string of the molecule is CCN(/C=C(/C#N)C(=O)NCCCOC)c1cccc(C)c1. The van der Waals surface area contributed by atoms with Crippen LogP contribution < -0.4 is 10.2 Å². The molecule has 0 saturated carbocycles. The molecule has 5 nitrogen and oxygen atoms in total. The zero-order valence-electron chi connectivity index (χ0n) is 13.4. The lowest BCUT2D eigenvalue weighted by Gasteiger charge is -2.19. The zero-order valence-corrected chi connectivity index (χ0v) is 13.4. The fraction of sp³-hybridized carbons (Fsp3) is 0.412. The molecule has 22 heavy (non-hydrogen) atoms. The minimum Gasteiger partial charge on any atom is -0.385 e. The number of rotatable bonds is 8. The molecule has 0 aromatic heterocycles. The average Bonchev–Trinajstić information content (AvgIpc) is 2.52. The van der Waals surface area contributed by atoms with Crippen molar-refractivity contribution in [1.82, 2.24) is 5.32 Å². The Morgan fingerprint density at radius 2 is 2.27 bits per heavy atom. The first-order valence-electron chi connectivity index (χ1n) is 7.34. The predicted molar refractivity (Wildman–Crippen MR) is 87.4 cm³/mol. The van der Waals surface area contributed by atoms with E-state index in [0.717, 1.165) is 17.7 Å². The number of nitriles is 1. The summed E-state index contributed by atoms with van der Waals surface area (Å²) >= 11 is 0. The Kier molecular flexibility index (Phi) is 7.73. The summed E-state index contributed by atoms with van der Waals surface area (Å²) in [6.07, 6.45) is 2.32. The van der Waals surface area contributed by atoms with Gasteiger partial charge in [-0.1, -0.05) is 12.1 Å². The molecule has 0 saturated heterocycles. The molecule has 0 bridgehead atoms. The summed E-state index contributed by atoms with van der Waals surface area (Å²) in [6.45, 7) is 5.73. The van der Waals surface area contributed by atoms with E-state index in [1.54, 1.807) is 13.3 Å². The molecule has 0 heterocycles. The summed E-state index contributed by atoms with van der Waals surface area (Å²) in [4.78, 5) is 13.9. The van der Waals surface area contributed by atoms with Crippen LogP contribution in [0.1, 0.15) is 18.9 Å². The van der Waals surface area contributed by atoms with Gasteiger partial charge in [0.2, 0.25) is 0 Å². The molecule has 0 atom stereocenters. The summed E-state index contributed by atoms with van der Waals surface area (Å²) in [6, 6.07) is 9.91. The van der Waals surface area contributed by atoms with Crippen LogP contribution in [0.4, 0.5) is 5.69 Å². The molecular weight excluding hydrogens is 278 g/mol. The van der Waals surface area contributed by atoms with E-state index < -0.39 is 0 Å². The van der Waals surface area contributed by atoms with Crippen LogP contribution in [0.3, 0.4) is 0 Å². The molecule has 1 aromatic rings. The van der Waals surface area contributed by atoms with Crippen molar-refractivity contribution in [1.29, 1.82) is 5.26 Å². The first kappa shape index (κ1) is 17.7. The van der Waals surface area contributed by atoms with E-state index in [4.69, 9.17) is 4.74 Å². The number of benzene rings is 1. The molecule has 118 valence electrons. The molecule has 0 aliphatic heterocycles. The van der Waals surface area contributed by atoms with Crippen LogP contribution in [0.5, 0.6) is 0 Å². The van der Waals surface area contributed by atoms with Gasteiger partial charge in [-0.2, -0.15) is 5.26 Å². The number of amides is 1. The van der Waals surface area contributed by atoms with E-state index in [9.17, 15) is 10.1 Å². The van der Waals surface area contributed by atoms with E-state index in [2.05, 4.69) is 5.32 Å². The third kappa shape index (κ3) is 5.58. The largest absolute Gasteiger partial charge is 0.385 e. The monoisotopic (exact) mass is 301 g/mol. The number of methoxy groups -OCH3 is 1. The Labute approximate surface area is 132 Å². The maximum Gasteiger partial charge on any atom is 0.263 e. The number of aryl methyl sites for hydroxylation is 1. The summed E-state index contributed by atoms with van der Waals surface area (Å²) in [5, 5.41) is 11.9. The van der Waals surface area contributed by atoms with Gasteiger partial charge in [0.05, 0.1) is 0 Å². The van der Waals surface area contributed by atoms with Crippen LogP contribution in [0.15, 0.2) is 36.0 Å². The van der Waals surface area contributed by atoms with Gasteiger partial charge in [-0.25, -0.2) is 0 Å². The van der Waals surface area contributed by atoms with Gasteiger partial charge in [0.25, 0.3) is 5.91 Å². The number of carbonyl (C=O) groups is 1. The van der Waals surface area contributed by atoms with Gasteiger partial charge in [-0.15, -0.1) is 0 Å². The molecule has 1 N–H and O–H groups in total. The summed E-state index contributed by atoms with van der Waals surface area (Å²) in [7, 11) is 1.61. The van der Waals surface area contributed by atoms with Gasteiger partial charge in [0, 0.05) is 38.7 Å². The average molecular weight is 301 g/mol. The molecular formula is C17H23N3O2. The van der Waals surface area contributed by atoms with Crippen LogP contribution in [0.25, 0.3) is 0 Å². The quantitative estimate of drug-likeness (QED) is 0.455. The number of carbonyl (C=O) groups excluding carboxylic acids is 1. The van der Waals surface area contributed by atoms with Crippen molar-refractivity contribution in [3.05, 3.63) is 41.6 Å². The van der Waals surface area contributed by atoms with E-state index >= 15 is 0 Å². The second-order valence-corrected chi connectivity index (χ2v) is 4.88. The first-order chi connectivity index (χ1) is 10.6. The topological polar surface area (TPSA) is 65.4 Å². The van der Waals surface area contributed by atoms with Crippen molar-refractivity contribution in [2.75, 3.05) is 31.7 Å². The highest BCUT2D eigenvalue weighted by Crippen LogP contribution is 2.17. The highest BCUT2D eigenvalue weighted by atomic mass is 16.5. The van der Waals surface area contributed by atoms with Crippen LogP contribution in [0.2, 0.25) is 0 Å². The minimum atomic E-state index is -0.357. The maximum atomic E-state index is 12.0. The fourth-order valence-corrected chi connectivity index (χ4v) is 1.96. The molecule has 1 amide bonds. The van der Waals surface area contributed by atoms with Gasteiger partial charge < -0.3 is 15.0 Å². The van der Waals surface area contributed by atoms with Gasteiger partial charge in [-0.3, -0.25) is 4.79 Å². The van der Waals surface area contributed by atoms with E-state index in [1.165, 1.54) is 0 Å². The second kappa shape index (κ2) is 9.59. The lowest BCUT2D eigenvalue weighted by Crippen LogP contribution is -2.28. The molecule has 0 radical (unpaired) electrons. The molecule has 1 aromatic carbocycles. The van der Waals surface area contributed by atoms with E-state index in [-0.39, 0.29) is 11.5 Å². The van der Waals surface area contributed by atoms with Crippen LogP contribution >= 0.6 is 0 Å². The first-order valence-corrected chi connectivity index (χ1v) is 7.34. The number of hydrogen-bond donors (Lipinski definition) is 1. The van der Waals surface area contributed by atoms with Crippen molar-refractivity contribution >= 4 is 11.6 Å². The van der Waals surface area contributed by atoms with E-state index in [0.29, 0.717) is 19.7 Å². The second-order valence-electron chi connectivity index (χ2n) is 4.88. The summed E-state index contributed by atoms with van der Waals surface area (Å²) in [5.74, 6) is -0.357. The number of nitrogens with one attached hydrogen (secondary N) is 1. The fourth-order valence-electron chi connectivity index (χ4n) is 1.96. The Morgan fingerprint density at radius 3 is 2.86 bits per heavy atom. The van der Waals surface area contributed by atoms with Crippen LogP contribution in [-0.4, -0.2) is 32.7 Å². The number of hydrogen-bond acceptors (Lipinski definition) is 4. The normalized spacial score (nSPS) is 10.9. The summed E-state index contributed by atoms with van der Waals surface area (Å²) in [5.41, 5.74) is 2.19. The Morgan fingerprint density at radius 1 is 1.50 bits per heavy atom. The van der Waals surface area contributed by atoms with Crippen molar-refractivity contribution in [3.8, 4) is 6.07 Å². The molecule has 0 aliphatic rings. The lowest BCUT2D eigenvalue weighted by molar-refractivity contribution is -0.117. The minimum absolute atomic E-state index is 0.0979. The highest BCUT2D eigenvalue weighted by Gasteiger charge is 2.11. The van der Waals surface area contributed by atoms with Gasteiger partial charge in [0.15, 0.2) is 0 Å². The van der Waals surface area contributed by atoms with Crippen molar-refractivity contribution in [2.45, 2.75) is 20.3 Å². The molecule has 0 unspecified atom stereocenters. The van der Waals surface area contributed by atoms with Crippen LogP contribution in [0, 0.1) is 18.3 Å². The van der Waals surface area contributed by atoms with Gasteiger partial charge in [0.1, 0.15) is 11.6 Å². The highest BCUT2D eigenvalue weighted by molar-refractivity contribution is 5.97. The Balaban J connectivity index is 2.80. The standard InChI is InChI=1S/C17H23N3O2/c1-4-20(16-8-5-7-14(2)11-16)13-15(12-18)17(21)19-9-6-10-22-3/h5,7-8,11,13H,4,6,9-10H2,1-3H3,(H,19,21)/b15-13-. The zero-order chi connectivity index (χ0) is 16.4. The third-order valence-corrected chi connectivity index (χ3v) is 3.13. The smallest absolute Gasteiger partial charge is 0.263 e. The van der Waals surface area contributed by atoms with Crippen molar-refractivity contribution < 1.29 is 9.53 Å². The third-order valence-electron chi connectivity index (χ3n) is 3.13. The number of nitrogens with zero attached hydrogens (tertiary/aromatic N) is 2. The molecule has 0 aliphatic carbocycles. The Hall–Kier alpha value is -2.32. The van der Waals surface area contributed by atoms with Crippen LogP contribution in [-0.2, 0) is 9.53 Å². The number of ether oxygens (including phenoxy) is 1. The molecule has 0 fully saturated rings. The van der Waals surface area contributed by atoms with Gasteiger partial charge in [-0.05, 0) is 38.0 Å². The summed E-state index contributed by atoms with van der Waals surface area (Å²) < 4.78 is 4.92. The van der Waals surface area contributed by atoms with Crippen molar-refractivity contribution in [3.63, 3.8) is 0 Å². The number of anilines is 1. The molecule has 1 rings (SSSR count).